The highest BCUT2D eigenvalue weighted by molar-refractivity contribution is 5.92. The first-order valence-electron chi connectivity index (χ1n) is 11.4. The van der Waals surface area contributed by atoms with Gasteiger partial charge in [-0.1, -0.05) is 0 Å². The van der Waals surface area contributed by atoms with Crippen LogP contribution in [0.3, 0.4) is 0 Å². The van der Waals surface area contributed by atoms with Crippen molar-refractivity contribution in [1.82, 2.24) is 15.1 Å². The molecule has 11 heteroatoms. The number of hydrogen-bond acceptors (Lipinski definition) is 6. The third kappa shape index (κ3) is 7.17. The van der Waals surface area contributed by atoms with Crippen LogP contribution in [-0.2, 0) is 19.1 Å². The number of piperazine rings is 1. The number of nitrogens with zero attached hydrogens (tertiary/aromatic N) is 3. The van der Waals surface area contributed by atoms with Crippen molar-refractivity contribution in [1.29, 1.82) is 0 Å². The van der Waals surface area contributed by atoms with Crippen LogP contribution >= 0.6 is 0 Å². The van der Waals surface area contributed by atoms with Gasteiger partial charge in [0.1, 0.15) is 17.5 Å². The number of carbonyl (C=O) groups is 4. The summed E-state index contributed by atoms with van der Waals surface area (Å²) in [6.45, 7) is 8.51. The third-order valence-corrected chi connectivity index (χ3v) is 5.40. The average molecular weight is 491 g/mol. The third-order valence-electron chi connectivity index (χ3n) is 5.40. The van der Waals surface area contributed by atoms with Gasteiger partial charge in [-0.2, -0.15) is 0 Å². The molecule has 1 atom stereocenters. The second-order valence-electron chi connectivity index (χ2n) is 9.39. The first-order valence-corrected chi connectivity index (χ1v) is 11.4. The number of halogens is 1. The molecule has 2 saturated heterocycles. The summed E-state index contributed by atoms with van der Waals surface area (Å²) < 4.78 is 25.2. The Balaban J connectivity index is 1.54. The van der Waals surface area contributed by atoms with Gasteiger partial charge in [-0.25, -0.2) is 14.0 Å². The van der Waals surface area contributed by atoms with E-state index in [0.717, 1.165) is 0 Å². The maximum atomic E-state index is 14.7. The molecule has 0 spiro atoms. The molecular formula is C24H31FN4O6. The molecule has 0 radical (unpaired) electrons. The molecule has 2 fully saturated rings. The van der Waals surface area contributed by atoms with E-state index in [1.165, 1.54) is 36.1 Å². The maximum absolute atomic E-state index is 14.7. The lowest BCUT2D eigenvalue weighted by molar-refractivity contribution is -0.127. The quantitative estimate of drug-likeness (QED) is 0.635. The summed E-state index contributed by atoms with van der Waals surface area (Å²) in [5, 5.41) is 2.58. The average Bonchev–Trinajstić information content (AvgIpc) is 3.16. The van der Waals surface area contributed by atoms with Crippen LogP contribution in [-0.4, -0.2) is 84.8 Å². The van der Waals surface area contributed by atoms with Crippen molar-refractivity contribution in [3.05, 3.63) is 35.7 Å². The molecule has 1 aromatic rings. The minimum absolute atomic E-state index is 0.176. The van der Waals surface area contributed by atoms with Crippen molar-refractivity contribution in [3.63, 3.8) is 0 Å². The molecule has 1 aromatic carbocycles. The number of benzene rings is 1. The summed E-state index contributed by atoms with van der Waals surface area (Å²) in [5.74, 6) is -1.12. The lowest BCUT2D eigenvalue weighted by atomic mass is 10.1. The first kappa shape index (κ1) is 26.0. The van der Waals surface area contributed by atoms with E-state index in [0.29, 0.717) is 31.9 Å². The van der Waals surface area contributed by atoms with Gasteiger partial charge in [-0.05, 0) is 45.0 Å². The normalized spacial score (nSPS) is 18.6. The molecular weight excluding hydrogens is 459 g/mol. The molecule has 0 bridgehead atoms. The van der Waals surface area contributed by atoms with E-state index in [1.54, 1.807) is 36.6 Å². The van der Waals surface area contributed by atoms with E-state index in [1.807, 2.05) is 0 Å². The number of rotatable bonds is 5. The zero-order valence-electron chi connectivity index (χ0n) is 20.4. The second kappa shape index (κ2) is 10.7. The Morgan fingerprint density at radius 3 is 2.43 bits per heavy atom. The van der Waals surface area contributed by atoms with Gasteiger partial charge >= 0.3 is 12.2 Å². The lowest BCUT2D eigenvalue weighted by Crippen LogP contribution is -2.51. The maximum Gasteiger partial charge on any atom is 0.414 e. The predicted molar refractivity (Wildman–Crippen MR) is 126 cm³/mol. The lowest BCUT2D eigenvalue weighted by Gasteiger charge is -2.35. The Labute approximate surface area is 203 Å². The van der Waals surface area contributed by atoms with Crippen molar-refractivity contribution >= 4 is 35.8 Å². The number of carbonyl (C=O) groups excluding carboxylic acids is 4. The molecule has 2 aliphatic heterocycles. The summed E-state index contributed by atoms with van der Waals surface area (Å²) in [7, 11) is 0. The van der Waals surface area contributed by atoms with E-state index in [-0.39, 0.29) is 30.5 Å². The zero-order chi connectivity index (χ0) is 25.8. The van der Waals surface area contributed by atoms with Crippen LogP contribution in [0.5, 0.6) is 0 Å². The van der Waals surface area contributed by atoms with Crippen LogP contribution in [0.25, 0.3) is 6.08 Å². The standard InChI is InChI=1S/C24H31FN4O6/c1-16(30)26-14-19-15-29(23(33)34-19)18-7-5-17(20(25)13-18)6-8-21(31)27-9-11-28(12-10-27)22(32)35-24(2,3)4/h5-8,13,19H,9-12,14-15H2,1-4H3,(H,26,30)/t19-/m0/s1. The van der Waals surface area contributed by atoms with Crippen LogP contribution in [0, 0.1) is 5.82 Å². The Morgan fingerprint density at radius 2 is 1.83 bits per heavy atom. The number of amides is 4. The molecule has 10 nitrogen and oxygen atoms in total. The Bertz CT molecular complexity index is 1010. The van der Waals surface area contributed by atoms with Crippen LogP contribution in [0.4, 0.5) is 19.7 Å². The first-order chi connectivity index (χ1) is 16.4. The molecule has 4 amide bonds. The van der Waals surface area contributed by atoms with Crippen LogP contribution in [0.1, 0.15) is 33.3 Å². The highest BCUT2D eigenvalue weighted by Gasteiger charge is 2.32. The summed E-state index contributed by atoms with van der Waals surface area (Å²) in [6.07, 6.45) is 1.11. The SMILES string of the molecule is CC(=O)NC[C@H]1CN(c2ccc(C=CC(=O)N3CCN(C(=O)OC(C)(C)C)CC3)c(F)c2)C(=O)O1. The minimum Gasteiger partial charge on any atom is -0.444 e. The summed E-state index contributed by atoms with van der Waals surface area (Å²) in [5.41, 5.74) is -0.0768. The van der Waals surface area contributed by atoms with Gasteiger partial charge in [0, 0.05) is 44.7 Å². The number of anilines is 1. The van der Waals surface area contributed by atoms with Gasteiger partial charge in [-0.3, -0.25) is 14.5 Å². The molecule has 0 saturated carbocycles. The minimum atomic E-state index is -0.622. The second-order valence-corrected chi connectivity index (χ2v) is 9.39. The topological polar surface area (TPSA) is 108 Å². The van der Waals surface area contributed by atoms with E-state index in [4.69, 9.17) is 9.47 Å². The van der Waals surface area contributed by atoms with Crippen molar-refractivity contribution < 1.29 is 33.0 Å². The molecule has 3 rings (SSSR count). The summed E-state index contributed by atoms with van der Waals surface area (Å²) in [6, 6.07) is 4.24. The fraction of sp³-hybridized carbons (Fsp3) is 0.500. The van der Waals surface area contributed by atoms with Crippen molar-refractivity contribution in [2.45, 2.75) is 39.4 Å². The fourth-order valence-electron chi connectivity index (χ4n) is 3.62. The molecule has 0 aliphatic carbocycles. The number of cyclic esters (lactones) is 1. The van der Waals surface area contributed by atoms with Crippen LogP contribution < -0.4 is 10.2 Å². The number of hydrogen-bond donors (Lipinski definition) is 1. The molecule has 1 N–H and O–H groups in total. The van der Waals surface area contributed by atoms with Gasteiger partial charge < -0.3 is 24.6 Å². The van der Waals surface area contributed by atoms with Gasteiger partial charge in [0.15, 0.2) is 0 Å². The smallest absolute Gasteiger partial charge is 0.414 e. The van der Waals surface area contributed by atoms with Crippen molar-refractivity contribution in [3.8, 4) is 0 Å². The molecule has 2 aliphatic rings. The highest BCUT2D eigenvalue weighted by Crippen LogP contribution is 2.24. The van der Waals surface area contributed by atoms with Gasteiger partial charge in [-0.15, -0.1) is 0 Å². The Hall–Kier alpha value is -3.63. The van der Waals surface area contributed by atoms with E-state index in [2.05, 4.69) is 5.32 Å². The largest absolute Gasteiger partial charge is 0.444 e. The number of ether oxygens (including phenoxy) is 2. The van der Waals surface area contributed by atoms with E-state index < -0.39 is 29.7 Å². The van der Waals surface area contributed by atoms with Crippen LogP contribution in [0.15, 0.2) is 24.3 Å². The monoisotopic (exact) mass is 490 g/mol. The molecule has 35 heavy (non-hydrogen) atoms. The van der Waals surface area contributed by atoms with Crippen molar-refractivity contribution in [2.24, 2.45) is 0 Å². The fourth-order valence-corrected chi connectivity index (χ4v) is 3.62. The number of nitrogens with one attached hydrogen (secondary N) is 1. The van der Waals surface area contributed by atoms with Gasteiger partial charge in [0.2, 0.25) is 11.8 Å². The zero-order valence-corrected chi connectivity index (χ0v) is 20.4. The summed E-state index contributed by atoms with van der Waals surface area (Å²) in [4.78, 5) is 52.3. The van der Waals surface area contributed by atoms with Crippen molar-refractivity contribution in [2.75, 3.05) is 44.2 Å². The van der Waals surface area contributed by atoms with Crippen LogP contribution in [0.2, 0.25) is 0 Å². The van der Waals surface area contributed by atoms with E-state index >= 15 is 0 Å². The molecule has 2 heterocycles. The van der Waals surface area contributed by atoms with E-state index in [9.17, 15) is 23.6 Å². The van der Waals surface area contributed by atoms with Gasteiger partial charge in [0.05, 0.1) is 18.8 Å². The predicted octanol–water partition coefficient (Wildman–Crippen LogP) is 2.38. The Kier molecular flexibility index (Phi) is 7.98. The Morgan fingerprint density at radius 1 is 1.17 bits per heavy atom. The summed E-state index contributed by atoms with van der Waals surface area (Å²) >= 11 is 0. The molecule has 0 aromatic heterocycles. The highest BCUT2D eigenvalue weighted by atomic mass is 19.1. The van der Waals surface area contributed by atoms with Gasteiger partial charge in [0.25, 0.3) is 0 Å². The molecule has 0 unspecified atom stereocenters. The molecule has 190 valence electrons.